The zero-order chi connectivity index (χ0) is 13.3. The van der Waals surface area contributed by atoms with E-state index in [1.807, 2.05) is 0 Å². The molecule has 3 N–H and O–H groups in total. The van der Waals surface area contributed by atoms with Gasteiger partial charge in [0.15, 0.2) is 0 Å². The molecule has 1 aromatic rings. The molecule has 1 heterocycles. The van der Waals surface area contributed by atoms with Crippen LogP contribution in [0.2, 0.25) is 0 Å². The normalized spacial score (nSPS) is 22.2. The van der Waals surface area contributed by atoms with Crippen LogP contribution in [0.5, 0.6) is 0 Å². The molecule has 100 valence electrons. The number of hydrogen-bond acceptors (Lipinski definition) is 2. The molecule has 0 amide bonds. The molecule has 1 aliphatic rings. The molecule has 0 radical (unpaired) electrons. The third kappa shape index (κ3) is 2.76. The summed E-state index contributed by atoms with van der Waals surface area (Å²) in [4.78, 5) is 0. The van der Waals surface area contributed by atoms with Crippen LogP contribution in [0.4, 0.5) is 0 Å². The summed E-state index contributed by atoms with van der Waals surface area (Å²) in [5.74, 6) is 0.582. The Hall–Kier alpha value is -0.860. The molecule has 2 rings (SSSR count). The van der Waals surface area contributed by atoms with Crippen LogP contribution >= 0.6 is 0 Å². The van der Waals surface area contributed by atoms with Gasteiger partial charge >= 0.3 is 0 Å². The van der Waals surface area contributed by atoms with Crippen LogP contribution in [0.3, 0.4) is 0 Å². The Morgan fingerprint density at radius 3 is 2.61 bits per heavy atom. The highest BCUT2D eigenvalue weighted by molar-refractivity contribution is 5.36. The topological polar surface area (TPSA) is 38.0 Å². The maximum Gasteiger partial charge on any atom is 0.0338 e. The van der Waals surface area contributed by atoms with E-state index in [-0.39, 0.29) is 11.5 Å². The molecule has 2 unspecified atom stereocenters. The molecule has 1 saturated heterocycles. The van der Waals surface area contributed by atoms with Gasteiger partial charge in [-0.1, -0.05) is 39.0 Å². The van der Waals surface area contributed by atoms with Crippen molar-refractivity contribution in [1.82, 2.24) is 5.32 Å². The maximum atomic E-state index is 6.47. The summed E-state index contributed by atoms with van der Waals surface area (Å²) in [5, 5.41) is 3.41. The van der Waals surface area contributed by atoms with Crippen LogP contribution in [-0.2, 0) is 5.41 Å². The molecule has 2 heteroatoms. The Morgan fingerprint density at radius 2 is 2.06 bits per heavy atom. The minimum Gasteiger partial charge on any atom is -0.324 e. The first kappa shape index (κ1) is 13.6. The Balaban J connectivity index is 2.31. The van der Waals surface area contributed by atoms with Gasteiger partial charge in [-0.25, -0.2) is 0 Å². The van der Waals surface area contributed by atoms with Gasteiger partial charge in [-0.3, -0.25) is 0 Å². The monoisotopic (exact) mass is 246 g/mol. The highest BCUT2D eigenvalue weighted by Gasteiger charge is 2.25. The standard InChI is InChI=1S/C16H26N2/c1-11-5-6-13(16(2,3)4)9-14(11)15(17)12-7-8-18-10-12/h5-6,9,12,15,18H,7-8,10,17H2,1-4H3. The first-order valence-corrected chi connectivity index (χ1v) is 6.97. The Labute approximate surface area is 111 Å². The van der Waals surface area contributed by atoms with Gasteiger partial charge in [0.25, 0.3) is 0 Å². The second-order valence-electron chi connectivity index (χ2n) is 6.60. The zero-order valence-electron chi connectivity index (χ0n) is 12.1. The summed E-state index contributed by atoms with van der Waals surface area (Å²) < 4.78 is 0. The van der Waals surface area contributed by atoms with Gasteiger partial charge in [-0.15, -0.1) is 0 Å². The van der Waals surface area contributed by atoms with Crippen LogP contribution in [0.25, 0.3) is 0 Å². The molecule has 0 aliphatic carbocycles. The van der Waals surface area contributed by atoms with Crippen molar-refractivity contribution in [2.75, 3.05) is 13.1 Å². The summed E-state index contributed by atoms with van der Waals surface area (Å²) in [6.45, 7) is 11.1. The molecule has 2 atom stereocenters. The van der Waals surface area contributed by atoms with Gasteiger partial charge in [0.1, 0.15) is 0 Å². The predicted octanol–water partition coefficient (Wildman–Crippen LogP) is 2.90. The van der Waals surface area contributed by atoms with Gasteiger partial charge < -0.3 is 11.1 Å². The van der Waals surface area contributed by atoms with E-state index >= 15 is 0 Å². The summed E-state index contributed by atoms with van der Waals surface area (Å²) in [7, 11) is 0. The third-order valence-corrected chi connectivity index (χ3v) is 4.11. The average Bonchev–Trinajstić information content (AvgIpc) is 2.80. The number of aryl methyl sites for hydroxylation is 1. The lowest BCUT2D eigenvalue weighted by Gasteiger charge is -2.25. The van der Waals surface area contributed by atoms with E-state index < -0.39 is 0 Å². The van der Waals surface area contributed by atoms with Crippen molar-refractivity contribution < 1.29 is 0 Å². The van der Waals surface area contributed by atoms with Crippen LogP contribution in [-0.4, -0.2) is 13.1 Å². The van der Waals surface area contributed by atoms with Gasteiger partial charge in [0.2, 0.25) is 0 Å². The number of hydrogen-bond donors (Lipinski definition) is 2. The lowest BCUT2D eigenvalue weighted by molar-refractivity contribution is 0.467. The Morgan fingerprint density at radius 1 is 1.33 bits per heavy atom. The highest BCUT2D eigenvalue weighted by atomic mass is 14.9. The number of nitrogens with two attached hydrogens (primary N) is 1. The molecule has 2 nitrogen and oxygen atoms in total. The lowest BCUT2D eigenvalue weighted by atomic mass is 9.82. The molecule has 0 spiro atoms. The van der Waals surface area contributed by atoms with Gasteiger partial charge in [-0.05, 0) is 54.5 Å². The van der Waals surface area contributed by atoms with Crippen molar-refractivity contribution in [3.63, 3.8) is 0 Å². The van der Waals surface area contributed by atoms with Crippen molar-refractivity contribution in [3.8, 4) is 0 Å². The van der Waals surface area contributed by atoms with Gasteiger partial charge in [0, 0.05) is 6.04 Å². The SMILES string of the molecule is Cc1ccc(C(C)(C)C)cc1C(N)C1CCNC1. The number of rotatable bonds is 2. The first-order chi connectivity index (χ1) is 8.39. The smallest absolute Gasteiger partial charge is 0.0338 e. The van der Waals surface area contributed by atoms with Crippen molar-refractivity contribution in [2.24, 2.45) is 11.7 Å². The van der Waals surface area contributed by atoms with Crippen LogP contribution < -0.4 is 11.1 Å². The molecular weight excluding hydrogens is 220 g/mol. The molecule has 1 aliphatic heterocycles. The quantitative estimate of drug-likeness (QED) is 0.842. The van der Waals surface area contributed by atoms with E-state index in [0.29, 0.717) is 5.92 Å². The van der Waals surface area contributed by atoms with Gasteiger partial charge in [0.05, 0.1) is 0 Å². The first-order valence-electron chi connectivity index (χ1n) is 6.97. The van der Waals surface area contributed by atoms with Gasteiger partial charge in [-0.2, -0.15) is 0 Å². The third-order valence-electron chi connectivity index (χ3n) is 4.11. The van der Waals surface area contributed by atoms with Crippen LogP contribution in [0, 0.1) is 12.8 Å². The Kier molecular flexibility index (Phi) is 3.79. The van der Waals surface area contributed by atoms with E-state index in [0.717, 1.165) is 13.1 Å². The van der Waals surface area contributed by atoms with Crippen LogP contribution in [0.1, 0.15) is 49.9 Å². The largest absolute Gasteiger partial charge is 0.324 e. The van der Waals surface area contributed by atoms with E-state index in [9.17, 15) is 0 Å². The second-order valence-corrected chi connectivity index (χ2v) is 6.60. The van der Waals surface area contributed by atoms with E-state index in [1.54, 1.807) is 0 Å². The lowest BCUT2D eigenvalue weighted by Crippen LogP contribution is -2.25. The van der Waals surface area contributed by atoms with E-state index in [1.165, 1.54) is 23.1 Å². The van der Waals surface area contributed by atoms with Crippen LogP contribution in [0.15, 0.2) is 18.2 Å². The minimum absolute atomic E-state index is 0.169. The van der Waals surface area contributed by atoms with E-state index in [4.69, 9.17) is 5.73 Å². The fourth-order valence-electron chi connectivity index (χ4n) is 2.70. The van der Waals surface area contributed by atoms with Crippen molar-refractivity contribution in [1.29, 1.82) is 0 Å². The molecule has 1 fully saturated rings. The summed E-state index contributed by atoms with van der Waals surface area (Å²) in [6.07, 6.45) is 1.19. The molecule has 18 heavy (non-hydrogen) atoms. The maximum absolute atomic E-state index is 6.47. The van der Waals surface area contributed by atoms with E-state index in [2.05, 4.69) is 51.2 Å². The molecule has 0 saturated carbocycles. The number of nitrogens with one attached hydrogen (secondary N) is 1. The summed E-state index contributed by atoms with van der Waals surface area (Å²) in [6, 6.07) is 6.94. The van der Waals surface area contributed by atoms with Crippen molar-refractivity contribution >= 4 is 0 Å². The highest BCUT2D eigenvalue weighted by Crippen LogP contribution is 2.31. The fourth-order valence-corrected chi connectivity index (χ4v) is 2.70. The second kappa shape index (κ2) is 5.02. The summed E-state index contributed by atoms with van der Waals surface area (Å²) >= 11 is 0. The Bertz CT molecular complexity index is 412. The molecule has 0 aromatic heterocycles. The molecule has 1 aromatic carbocycles. The fraction of sp³-hybridized carbons (Fsp3) is 0.625. The number of benzene rings is 1. The average molecular weight is 246 g/mol. The minimum atomic E-state index is 0.169. The van der Waals surface area contributed by atoms with Crippen molar-refractivity contribution in [2.45, 2.75) is 45.6 Å². The zero-order valence-corrected chi connectivity index (χ0v) is 12.1. The van der Waals surface area contributed by atoms with Crippen molar-refractivity contribution in [3.05, 3.63) is 34.9 Å². The summed E-state index contributed by atoms with van der Waals surface area (Å²) in [5.41, 5.74) is 10.7. The molecule has 0 bridgehead atoms. The molecular formula is C16H26N2. The predicted molar refractivity (Wildman–Crippen MR) is 77.8 cm³/mol.